The van der Waals surface area contributed by atoms with Crippen LogP contribution >= 0.6 is 0 Å². The van der Waals surface area contributed by atoms with E-state index in [-0.39, 0.29) is 23.1 Å². The Morgan fingerprint density at radius 1 is 1.36 bits per heavy atom. The summed E-state index contributed by atoms with van der Waals surface area (Å²) in [6.07, 6.45) is 5.11. The number of amides is 1. The van der Waals surface area contributed by atoms with Crippen molar-refractivity contribution in [3.05, 3.63) is 57.8 Å². The smallest absolute Gasteiger partial charge is 0.263 e. The number of hydrogen-bond acceptors (Lipinski definition) is 4. The molecule has 1 amide bonds. The van der Waals surface area contributed by atoms with Gasteiger partial charge in [-0.2, -0.15) is 0 Å². The number of ether oxygens (including phenoxy) is 1. The first-order valence-electron chi connectivity index (χ1n) is 8.60. The van der Waals surface area contributed by atoms with Crippen molar-refractivity contribution in [2.45, 2.75) is 44.6 Å². The molecule has 0 saturated heterocycles. The lowest BCUT2D eigenvalue weighted by Crippen LogP contribution is -2.36. The van der Waals surface area contributed by atoms with Crippen LogP contribution in [-0.4, -0.2) is 29.0 Å². The van der Waals surface area contributed by atoms with E-state index in [1.807, 2.05) is 31.2 Å². The third-order valence-electron chi connectivity index (χ3n) is 4.43. The van der Waals surface area contributed by atoms with Gasteiger partial charge in [0.15, 0.2) is 0 Å². The summed E-state index contributed by atoms with van der Waals surface area (Å²) in [6, 6.07) is 7.82. The van der Waals surface area contributed by atoms with Gasteiger partial charge in [0.25, 0.3) is 11.5 Å². The number of aromatic amines is 1. The van der Waals surface area contributed by atoms with Gasteiger partial charge in [0.2, 0.25) is 0 Å². The van der Waals surface area contributed by atoms with Gasteiger partial charge in [0, 0.05) is 18.2 Å². The number of aromatic nitrogens is 2. The Morgan fingerprint density at radius 3 is 2.68 bits per heavy atom. The second-order valence-electron chi connectivity index (χ2n) is 6.55. The maximum absolute atomic E-state index is 12.3. The fourth-order valence-corrected chi connectivity index (χ4v) is 2.68. The summed E-state index contributed by atoms with van der Waals surface area (Å²) in [5, 5.41) is 2.87. The Morgan fingerprint density at radius 2 is 2.08 bits per heavy atom. The van der Waals surface area contributed by atoms with Gasteiger partial charge in [-0.05, 0) is 50.3 Å². The number of benzene rings is 1. The molecule has 1 aliphatic carbocycles. The van der Waals surface area contributed by atoms with Crippen molar-refractivity contribution in [2.24, 2.45) is 0 Å². The SMILES string of the molecule is COc1ccc(CC[C@@H](C)NC(=O)c2cnc(C3CC3)[nH]c2=O)cc1. The zero-order valence-corrected chi connectivity index (χ0v) is 14.5. The number of rotatable bonds is 7. The molecule has 1 aromatic heterocycles. The average Bonchev–Trinajstić information content (AvgIpc) is 3.45. The fraction of sp³-hybridized carbons (Fsp3) is 0.421. The lowest BCUT2D eigenvalue weighted by molar-refractivity contribution is 0.0936. The van der Waals surface area contributed by atoms with Crippen molar-refractivity contribution in [2.75, 3.05) is 7.11 Å². The van der Waals surface area contributed by atoms with Crippen LogP contribution in [0.25, 0.3) is 0 Å². The van der Waals surface area contributed by atoms with Crippen LogP contribution < -0.4 is 15.6 Å². The molecule has 1 aromatic carbocycles. The third-order valence-corrected chi connectivity index (χ3v) is 4.43. The number of H-pyrrole nitrogens is 1. The maximum atomic E-state index is 12.3. The summed E-state index contributed by atoms with van der Waals surface area (Å²) in [4.78, 5) is 31.3. The summed E-state index contributed by atoms with van der Waals surface area (Å²) in [6.45, 7) is 1.93. The van der Waals surface area contributed by atoms with Crippen molar-refractivity contribution in [1.29, 1.82) is 0 Å². The summed E-state index contributed by atoms with van der Waals surface area (Å²) in [5.41, 5.74) is 0.882. The molecule has 0 spiro atoms. The number of carbonyl (C=O) groups excluding carboxylic acids is 1. The molecule has 25 heavy (non-hydrogen) atoms. The summed E-state index contributed by atoms with van der Waals surface area (Å²) < 4.78 is 5.14. The second kappa shape index (κ2) is 7.51. The maximum Gasteiger partial charge on any atom is 0.263 e. The van der Waals surface area contributed by atoms with E-state index < -0.39 is 0 Å². The van der Waals surface area contributed by atoms with Crippen molar-refractivity contribution in [3.8, 4) is 5.75 Å². The van der Waals surface area contributed by atoms with Crippen molar-refractivity contribution in [1.82, 2.24) is 15.3 Å². The molecule has 132 valence electrons. The van der Waals surface area contributed by atoms with Crippen LogP contribution in [0.2, 0.25) is 0 Å². The van der Waals surface area contributed by atoms with Gasteiger partial charge < -0.3 is 15.0 Å². The molecular formula is C19H23N3O3. The van der Waals surface area contributed by atoms with Crippen LogP contribution in [0.5, 0.6) is 5.75 Å². The first-order chi connectivity index (χ1) is 12.1. The van der Waals surface area contributed by atoms with Crippen LogP contribution in [-0.2, 0) is 6.42 Å². The van der Waals surface area contributed by atoms with E-state index in [4.69, 9.17) is 4.74 Å². The van der Waals surface area contributed by atoms with Gasteiger partial charge in [-0.25, -0.2) is 4.98 Å². The minimum atomic E-state index is -0.377. The predicted octanol–water partition coefficient (Wildman–Crippen LogP) is 2.41. The van der Waals surface area contributed by atoms with Crippen LogP contribution in [0.3, 0.4) is 0 Å². The molecule has 2 aromatic rings. The van der Waals surface area contributed by atoms with Crippen molar-refractivity contribution < 1.29 is 9.53 Å². The standard InChI is InChI=1S/C19H23N3O3/c1-12(3-4-13-5-9-15(25-2)10-6-13)21-18(23)16-11-20-17(14-7-8-14)22-19(16)24/h5-6,9-12,14H,3-4,7-8H2,1-2H3,(H,21,23)(H,20,22,24)/t12-/m1/s1. The first-order valence-corrected chi connectivity index (χ1v) is 8.60. The highest BCUT2D eigenvalue weighted by Gasteiger charge is 2.26. The normalized spacial score (nSPS) is 14.8. The van der Waals surface area contributed by atoms with E-state index in [1.165, 1.54) is 11.8 Å². The van der Waals surface area contributed by atoms with E-state index in [0.29, 0.717) is 11.7 Å². The molecule has 6 heteroatoms. The number of nitrogens with one attached hydrogen (secondary N) is 2. The van der Waals surface area contributed by atoms with E-state index in [1.54, 1.807) is 7.11 Å². The molecule has 3 rings (SSSR count). The van der Waals surface area contributed by atoms with Crippen molar-refractivity contribution in [3.63, 3.8) is 0 Å². The molecule has 1 aliphatic rings. The average molecular weight is 341 g/mol. The summed E-state index contributed by atoms with van der Waals surface area (Å²) in [5.74, 6) is 1.49. The van der Waals surface area contributed by atoms with Crippen LogP contribution in [0.15, 0.2) is 35.3 Å². The van der Waals surface area contributed by atoms with Gasteiger partial charge in [-0.3, -0.25) is 9.59 Å². The highest BCUT2D eigenvalue weighted by Crippen LogP contribution is 2.37. The Bertz CT molecular complexity index is 794. The second-order valence-corrected chi connectivity index (χ2v) is 6.55. The van der Waals surface area contributed by atoms with Gasteiger partial charge in [-0.15, -0.1) is 0 Å². The monoisotopic (exact) mass is 341 g/mol. The lowest BCUT2D eigenvalue weighted by Gasteiger charge is -2.14. The zero-order valence-electron chi connectivity index (χ0n) is 14.5. The Hall–Kier alpha value is -2.63. The van der Waals surface area contributed by atoms with Gasteiger partial charge in [0.05, 0.1) is 7.11 Å². The molecule has 6 nitrogen and oxygen atoms in total. The third kappa shape index (κ3) is 4.47. The number of aryl methyl sites for hydroxylation is 1. The minimum Gasteiger partial charge on any atom is -0.497 e. The Kier molecular flexibility index (Phi) is 5.16. The molecule has 1 atom stereocenters. The summed E-state index contributed by atoms with van der Waals surface area (Å²) in [7, 11) is 1.64. The predicted molar refractivity (Wildman–Crippen MR) is 95.1 cm³/mol. The lowest BCUT2D eigenvalue weighted by atomic mass is 10.1. The molecular weight excluding hydrogens is 318 g/mol. The molecule has 1 saturated carbocycles. The van der Waals surface area contributed by atoms with Crippen molar-refractivity contribution >= 4 is 5.91 Å². The number of carbonyl (C=O) groups is 1. The minimum absolute atomic E-state index is 0.0443. The molecule has 0 radical (unpaired) electrons. The van der Waals surface area contributed by atoms with E-state index in [2.05, 4.69) is 15.3 Å². The Balaban J connectivity index is 1.53. The highest BCUT2D eigenvalue weighted by molar-refractivity contribution is 5.93. The Labute approximate surface area is 146 Å². The number of hydrogen-bond donors (Lipinski definition) is 2. The first kappa shape index (κ1) is 17.2. The highest BCUT2D eigenvalue weighted by atomic mass is 16.5. The molecule has 0 aliphatic heterocycles. The molecule has 2 N–H and O–H groups in total. The molecule has 0 bridgehead atoms. The van der Waals surface area contributed by atoms with Crippen LogP contribution in [0.1, 0.15) is 53.8 Å². The molecule has 1 fully saturated rings. The van der Waals surface area contributed by atoms with Gasteiger partial charge in [0.1, 0.15) is 17.1 Å². The van der Waals surface area contributed by atoms with Crippen LogP contribution in [0, 0.1) is 0 Å². The molecule has 0 unspecified atom stereocenters. The fourth-order valence-electron chi connectivity index (χ4n) is 2.68. The van der Waals surface area contributed by atoms with E-state index in [9.17, 15) is 9.59 Å². The number of methoxy groups -OCH3 is 1. The van der Waals surface area contributed by atoms with Crippen LogP contribution in [0.4, 0.5) is 0 Å². The summed E-state index contributed by atoms with van der Waals surface area (Å²) >= 11 is 0. The largest absolute Gasteiger partial charge is 0.497 e. The quantitative estimate of drug-likeness (QED) is 0.810. The topological polar surface area (TPSA) is 84.1 Å². The number of nitrogens with zero attached hydrogens (tertiary/aromatic N) is 1. The van der Waals surface area contributed by atoms with Gasteiger partial charge >= 0.3 is 0 Å². The van der Waals surface area contributed by atoms with Gasteiger partial charge in [-0.1, -0.05) is 12.1 Å². The molecule has 1 heterocycles. The van der Waals surface area contributed by atoms with E-state index in [0.717, 1.165) is 31.4 Å². The zero-order chi connectivity index (χ0) is 17.8. The van der Waals surface area contributed by atoms with E-state index >= 15 is 0 Å².